The number of rotatable bonds is 5. The van der Waals surface area contributed by atoms with Crippen LogP contribution in [-0.4, -0.2) is 30.5 Å². The number of hydrogen-bond acceptors (Lipinski definition) is 4. The van der Waals surface area contributed by atoms with Crippen LogP contribution in [0.4, 0.5) is 0 Å². The number of ether oxygens (including phenoxy) is 1. The lowest BCUT2D eigenvalue weighted by Crippen LogP contribution is -2.29. The molecular weight excluding hydrogens is 312 g/mol. The van der Waals surface area contributed by atoms with E-state index < -0.39 is 11.9 Å². The molecule has 0 saturated heterocycles. The molecule has 1 N–H and O–H groups in total. The van der Waals surface area contributed by atoms with E-state index >= 15 is 0 Å². The molecule has 5 nitrogen and oxygen atoms in total. The summed E-state index contributed by atoms with van der Waals surface area (Å²) in [6, 6.07) is 1.58. The van der Waals surface area contributed by atoms with Crippen LogP contribution in [0.3, 0.4) is 0 Å². The van der Waals surface area contributed by atoms with Gasteiger partial charge in [0.05, 0.1) is 28.8 Å². The second-order valence-electron chi connectivity index (χ2n) is 4.09. The number of hydrogen-bond donors (Lipinski definition) is 1. The quantitative estimate of drug-likeness (QED) is 0.842. The van der Waals surface area contributed by atoms with Crippen molar-refractivity contribution >= 4 is 27.8 Å². The fourth-order valence-corrected chi connectivity index (χ4v) is 1.87. The van der Waals surface area contributed by atoms with E-state index in [-0.39, 0.29) is 5.91 Å². The van der Waals surface area contributed by atoms with E-state index in [1.165, 1.54) is 13.3 Å². The molecule has 0 aromatic carbocycles. The number of halogens is 1. The van der Waals surface area contributed by atoms with E-state index in [0.29, 0.717) is 22.3 Å². The van der Waals surface area contributed by atoms with Gasteiger partial charge in [-0.3, -0.25) is 9.78 Å². The zero-order chi connectivity index (χ0) is 14.4. The summed E-state index contributed by atoms with van der Waals surface area (Å²) >= 11 is 3.24. The second-order valence-corrected chi connectivity index (χ2v) is 4.95. The van der Waals surface area contributed by atoms with E-state index in [4.69, 9.17) is 0 Å². The first kappa shape index (κ1) is 15.6. The van der Waals surface area contributed by atoms with Crippen LogP contribution in [0.25, 0.3) is 0 Å². The van der Waals surface area contributed by atoms with Crippen LogP contribution < -0.4 is 5.32 Å². The Labute approximate surface area is 120 Å². The standard InChI is InChI=1S/C13H17BrN2O3/c1-4-5-15-12(17)8(2)11-6-9(13(18)19-3)10(14)7-16-11/h6-8H,4-5H2,1-3H3,(H,15,17). The molecule has 1 aromatic heterocycles. The van der Waals surface area contributed by atoms with Crippen molar-refractivity contribution in [3.8, 4) is 0 Å². The summed E-state index contributed by atoms with van der Waals surface area (Å²) in [5, 5.41) is 2.80. The average molecular weight is 329 g/mol. The molecule has 1 unspecified atom stereocenters. The Kier molecular flexibility index (Phi) is 5.95. The van der Waals surface area contributed by atoms with Gasteiger partial charge >= 0.3 is 5.97 Å². The molecule has 1 rings (SSSR count). The Balaban J connectivity index is 2.95. The molecule has 1 atom stereocenters. The van der Waals surface area contributed by atoms with Gasteiger partial charge in [0.15, 0.2) is 0 Å². The monoisotopic (exact) mass is 328 g/mol. The Morgan fingerprint density at radius 1 is 1.53 bits per heavy atom. The smallest absolute Gasteiger partial charge is 0.339 e. The van der Waals surface area contributed by atoms with Gasteiger partial charge in [0, 0.05) is 12.7 Å². The summed E-state index contributed by atoms with van der Waals surface area (Å²) in [6.45, 7) is 4.37. The lowest BCUT2D eigenvalue weighted by Gasteiger charge is -2.12. The average Bonchev–Trinajstić information content (AvgIpc) is 2.43. The van der Waals surface area contributed by atoms with Crippen molar-refractivity contribution < 1.29 is 14.3 Å². The molecule has 0 fully saturated rings. The van der Waals surface area contributed by atoms with E-state index in [2.05, 4.69) is 31.0 Å². The molecule has 1 aromatic rings. The lowest BCUT2D eigenvalue weighted by molar-refractivity contribution is -0.122. The summed E-state index contributed by atoms with van der Waals surface area (Å²) < 4.78 is 5.23. The van der Waals surface area contributed by atoms with Gasteiger partial charge in [-0.2, -0.15) is 0 Å². The van der Waals surface area contributed by atoms with Crippen molar-refractivity contribution in [1.29, 1.82) is 0 Å². The highest BCUT2D eigenvalue weighted by atomic mass is 79.9. The highest BCUT2D eigenvalue weighted by Crippen LogP contribution is 2.21. The van der Waals surface area contributed by atoms with Crippen LogP contribution in [0.15, 0.2) is 16.7 Å². The van der Waals surface area contributed by atoms with Crippen molar-refractivity contribution in [1.82, 2.24) is 10.3 Å². The van der Waals surface area contributed by atoms with Gasteiger partial charge in [0.2, 0.25) is 5.91 Å². The molecule has 1 heterocycles. The molecule has 0 aliphatic carbocycles. The molecule has 1 amide bonds. The molecular formula is C13H17BrN2O3. The van der Waals surface area contributed by atoms with Gasteiger partial charge in [-0.1, -0.05) is 6.92 Å². The molecule has 0 spiro atoms. The third-order valence-electron chi connectivity index (χ3n) is 2.67. The molecule has 0 bridgehead atoms. The predicted octanol–water partition coefficient (Wildman–Crippen LogP) is 2.26. The number of carbonyl (C=O) groups excluding carboxylic acids is 2. The van der Waals surface area contributed by atoms with Crippen molar-refractivity contribution in [3.63, 3.8) is 0 Å². The van der Waals surface area contributed by atoms with Gasteiger partial charge in [-0.05, 0) is 35.3 Å². The Hall–Kier alpha value is -1.43. The van der Waals surface area contributed by atoms with Crippen molar-refractivity contribution in [3.05, 3.63) is 28.0 Å². The summed E-state index contributed by atoms with van der Waals surface area (Å²) in [4.78, 5) is 27.6. The van der Waals surface area contributed by atoms with Crippen LogP contribution >= 0.6 is 15.9 Å². The number of methoxy groups -OCH3 is 1. The Morgan fingerprint density at radius 2 is 2.21 bits per heavy atom. The zero-order valence-corrected chi connectivity index (χ0v) is 12.8. The highest BCUT2D eigenvalue weighted by Gasteiger charge is 2.19. The van der Waals surface area contributed by atoms with Crippen molar-refractivity contribution in [2.24, 2.45) is 0 Å². The number of nitrogens with one attached hydrogen (secondary N) is 1. The van der Waals surface area contributed by atoms with Gasteiger partial charge in [0.25, 0.3) is 0 Å². The summed E-state index contributed by atoms with van der Waals surface area (Å²) in [7, 11) is 1.31. The number of carbonyl (C=O) groups is 2. The van der Waals surface area contributed by atoms with Crippen LogP contribution in [0.1, 0.15) is 42.2 Å². The van der Waals surface area contributed by atoms with Crippen LogP contribution in [0.2, 0.25) is 0 Å². The number of nitrogens with zero attached hydrogens (tertiary/aromatic N) is 1. The van der Waals surface area contributed by atoms with Gasteiger partial charge in [0.1, 0.15) is 0 Å². The molecule has 104 valence electrons. The Morgan fingerprint density at radius 3 is 2.79 bits per heavy atom. The van der Waals surface area contributed by atoms with Crippen LogP contribution in [0.5, 0.6) is 0 Å². The first-order valence-electron chi connectivity index (χ1n) is 6.02. The van der Waals surface area contributed by atoms with Gasteiger partial charge < -0.3 is 10.1 Å². The molecule has 0 aliphatic heterocycles. The zero-order valence-electron chi connectivity index (χ0n) is 11.2. The highest BCUT2D eigenvalue weighted by molar-refractivity contribution is 9.10. The third-order valence-corrected chi connectivity index (χ3v) is 3.30. The van der Waals surface area contributed by atoms with Crippen LogP contribution in [0, 0.1) is 0 Å². The topological polar surface area (TPSA) is 68.3 Å². The minimum atomic E-state index is -0.461. The number of amides is 1. The fourth-order valence-electron chi connectivity index (χ4n) is 1.49. The number of aromatic nitrogens is 1. The first-order valence-corrected chi connectivity index (χ1v) is 6.82. The molecule has 19 heavy (non-hydrogen) atoms. The van der Waals surface area contributed by atoms with Crippen LogP contribution in [-0.2, 0) is 9.53 Å². The predicted molar refractivity (Wildman–Crippen MR) is 75.0 cm³/mol. The summed E-state index contributed by atoms with van der Waals surface area (Å²) in [5.41, 5.74) is 0.903. The van der Waals surface area contributed by atoms with Gasteiger partial charge in [-0.15, -0.1) is 0 Å². The molecule has 0 saturated carbocycles. The third kappa shape index (κ3) is 4.02. The van der Waals surface area contributed by atoms with E-state index in [1.807, 2.05) is 6.92 Å². The maximum atomic E-state index is 11.9. The van der Waals surface area contributed by atoms with E-state index in [0.717, 1.165) is 6.42 Å². The summed E-state index contributed by atoms with van der Waals surface area (Å²) in [5.74, 6) is -0.979. The SMILES string of the molecule is CCCNC(=O)C(C)c1cc(C(=O)OC)c(Br)cn1. The maximum Gasteiger partial charge on any atom is 0.339 e. The molecule has 0 radical (unpaired) electrons. The Bertz CT molecular complexity index is 477. The lowest BCUT2D eigenvalue weighted by atomic mass is 10.0. The normalized spacial score (nSPS) is 11.8. The van der Waals surface area contributed by atoms with E-state index in [1.54, 1.807) is 13.0 Å². The second kappa shape index (κ2) is 7.23. The fraction of sp³-hybridized carbons (Fsp3) is 0.462. The molecule has 0 aliphatic rings. The summed E-state index contributed by atoms with van der Waals surface area (Å²) in [6.07, 6.45) is 2.38. The van der Waals surface area contributed by atoms with Crippen molar-refractivity contribution in [2.45, 2.75) is 26.2 Å². The largest absolute Gasteiger partial charge is 0.465 e. The van der Waals surface area contributed by atoms with Crippen molar-refractivity contribution in [2.75, 3.05) is 13.7 Å². The number of pyridine rings is 1. The minimum Gasteiger partial charge on any atom is -0.465 e. The first-order chi connectivity index (χ1) is 9.01. The van der Waals surface area contributed by atoms with Gasteiger partial charge in [-0.25, -0.2) is 4.79 Å². The minimum absolute atomic E-state index is 0.104. The maximum absolute atomic E-state index is 11.9. The molecule has 6 heteroatoms. The number of esters is 1. The van der Waals surface area contributed by atoms with E-state index in [9.17, 15) is 9.59 Å².